The number of halogens is 3. The Kier molecular flexibility index (Phi) is 7.05. The second-order valence-corrected chi connectivity index (χ2v) is 14.4. The summed E-state index contributed by atoms with van der Waals surface area (Å²) < 4.78 is 54.2. The summed E-state index contributed by atoms with van der Waals surface area (Å²) in [6.45, 7) is 1.61. The number of aromatic nitrogens is 4. The molecule has 0 spiro atoms. The molecule has 15 heteroatoms. The molecule has 3 aromatic rings. The quantitative estimate of drug-likeness (QED) is 0.271. The van der Waals surface area contributed by atoms with E-state index in [0.29, 0.717) is 73.5 Å². The van der Waals surface area contributed by atoms with Crippen LogP contribution < -0.4 is 9.62 Å². The Morgan fingerprint density at radius 2 is 1.95 bits per heavy atom. The normalized spacial score (nSPS) is 21.0. The first kappa shape index (κ1) is 28.2. The fourth-order valence-electron chi connectivity index (χ4n) is 5.63. The number of amides is 1. The summed E-state index contributed by atoms with van der Waals surface area (Å²) in [5.41, 5.74) is 0.644. The first-order valence-electron chi connectivity index (χ1n) is 14.1. The second kappa shape index (κ2) is 10.5. The topological polar surface area (TPSA) is 112 Å². The van der Waals surface area contributed by atoms with Crippen molar-refractivity contribution in [1.29, 1.82) is 5.26 Å². The zero-order valence-electron chi connectivity index (χ0n) is 22.9. The summed E-state index contributed by atoms with van der Waals surface area (Å²) in [4.78, 5) is 22.0. The van der Waals surface area contributed by atoms with Crippen molar-refractivity contribution in [3.63, 3.8) is 0 Å². The van der Waals surface area contributed by atoms with E-state index in [9.17, 15) is 18.8 Å². The number of ether oxygens (including phenoxy) is 1. The Morgan fingerprint density at radius 1 is 1.21 bits per heavy atom. The van der Waals surface area contributed by atoms with Crippen LogP contribution in [0.4, 0.5) is 18.9 Å². The molecule has 1 saturated heterocycles. The summed E-state index contributed by atoms with van der Waals surface area (Å²) in [6.07, 6.45) is 4.58. The number of imidazole rings is 1. The van der Waals surface area contributed by atoms with Gasteiger partial charge in [-0.2, -0.15) is 0 Å². The number of anilines is 1. The number of carbonyl (C=O) groups is 1. The van der Waals surface area contributed by atoms with Crippen LogP contribution in [0.3, 0.4) is 0 Å². The molecule has 3 aliphatic carbocycles. The molecular formula is C27H29F3N8O2SSe. The fraction of sp³-hybridized carbons (Fsp3) is 0.593. The summed E-state index contributed by atoms with van der Waals surface area (Å²) in [6, 6.07) is 2.27. The number of fused-ring (bicyclic) bond motifs is 1. The van der Waals surface area contributed by atoms with Crippen LogP contribution >= 0.6 is 11.9 Å². The zero-order chi connectivity index (χ0) is 29.2. The van der Waals surface area contributed by atoms with Gasteiger partial charge in [0.1, 0.15) is 0 Å². The third-order valence-corrected chi connectivity index (χ3v) is 11.8. The van der Waals surface area contributed by atoms with E-state index in [-0.39, 0.29) is 21.3 Å². The predicted octanol–water partition coefficient (Wildman–Crippen LogP) is 3.67. The van der Waals surface area contributed by atoms with Gasteiger partial charge in [-0.1, -0.05) is 0 Å². The minimum atomic E-state index is -2.69. The second-order valence-electron chi connectivity index (χ2n) is 11.4. The molecule has 4 heterocycles. The first-order chi connectivity index (χ1) is 20.3. The van der Waals surface area contributed by atoms with Gasteiger partial charge in [0.15, 0.2) is 0 Å². The van der Waals surface area contributed by atoms with Crippen molar-refractivity contribution < 1.29 is 22.7 Å². The van der Waals surface area contributed by atoms with E-state index < -0.39 is 37.9 Å². The number of piperazine rings is 1. The fourth-order valence-corrected chi connectivity index (χ4v) is 8.11. The van der Waals surface area contributed by atoms with Crippen molar-refractivity contribution in [2.24, 2.45) is 0 Å². The Labute approximate surface area is 250 Å². The average molecular weight is 666 g/mol. The van der Waals surface area contributed by atoms with Crippen molar-refractivity contribution in [3.8, 4) is 16.3 Å². The minimum absolute atomic E-state index is 0.0262. The van der Waals surface area contributed by atoms with Crippen LogP contribution in [0.2, 0.25) is 0 Å². The van der Waals surface area contributed by atoms with Gasteiger partial charge in [0.25, 0.3) is 0 Å². The van der Waals surface area contributed by atoms with Gasteiger partial charge in [0.05, 0.1) is 0 Å². The predicted molar refractivity (Wildman–Crippen MR) is 149 cm³/mol. The van der Waals surface area contributed by atoms with E-state index >= 15 is 4.39 Å². The zero-order valence-corrected chi connectivity index (χ0v) is 25.4. The van der Waals surface area contributed by atoms with Gasteiger partial charge < -0.3 is 0 Å². The Hall–Kier alpha value is -2.63. The number of carbonyl (C=O) groups excluding carboxylic acids is 1. The standard InChI is InChI=1S/C27H29F3N8O2SSe/c1-40-27(7-8-27)25(39)37-11-9-36(10-12-37)19-17(28)16(41-35-26(14-31)5-6-26)13-38-20(23-33-34-24(42-23)21(29)30)18(32-22(19)38)15-3-2-4-15/h13,15,21,35H,2-12H2,1H3. The third kappa shape index (κ3) is 4.72. The van der Waals surface area contributed by atoms with E-state index in [1.165, 1.54) is 0 Å². The van der Waals surface area contributed by atoms with Gasteiger partial charge in [0.2, 0.25) is 0 Å². The van der Waals surface area contributed by atoms with Crippen molar-refractivity contribution in [1.82, 2.24) is 29.2 Å². The van der Waals surface area contributed by atoms with Gasteiger partial charge in [-0.15, -0.1) is 0 Å². The number of rotatable bonds is 9. The molecule has 3 saturated carbocycles. The molecule has 0 atom stereocenters. The van der Waals surface area contributed by atoms with Gasteiger partial charge in [-0.3, -0.25) is 0 Å². The number of methoxy groups -OCH3 is 1. The monoisotopic (exact) mass is 666 g/mol. The van der Waals surface area contributed by atoms with Gasteiger partial charge in [-0.25, -0.2) is 0 Å². The summed E-state index contributed by atoms with van der Waals surface area (Å²) in [5.74, 6) is -0.364. The Morgan fingerprint density at radius 3 is 2.50 bits per heavy atom. The Balaban J connectivity index is 1.31. The molecule has 1 amide bonds. The molecule has 10 nitrogen and oxygen atoms in total. The molecule has 222 valence electrons. The number of nitrogens with one attached hydrogen (secondary N) is 1. The van der Waals surface area contributed by atoms with Crippen LogP contribution in [0.15, 0.2) is 11.1 Å². The molecule has 0 aromatic carbocycles. The molecule has 0 bridgehead atoms. The van der Waals surface area contributed by atoms with Gasteiger partial charge in [-0.05, 0) is 0 Å². The first-order valence-corrected chi connectivity index (χ1v) is 16.6. The van der Waals surface area contributed by atoms with Crippen LogP contribution in [-0.2, 0) is 9.53 Å². The van der Waals surface area contributed by atoms with E-state index in [1.54, 1.807) is 22.6 Å². The molecule has 3 aromatic heterocycles. The van der Waals surface area contributed by atoms with Crippen molar-refractivity contribution >= 4 is 43.7 Å². The molecule has 42 heavy (non-hydrogen) atoms. The summed E-state index contributed by atoms with van der Waals surface area (Å²) in [7, 11) is 1.56. The number of alkyl halides is 2. The van der Waals surface area contributed by atoms with Crippen LogP contribution in [-0.4, -0.2) is 89.3 Å². The molecule has 1 N–H and O–H groups in total. The van der Waals surface area contributed by atoms with E-state index in [0.717, 1.165) is 36.9 Å². The average Bonchev–Trinajstić information content (AvgIpc) is 3.85. The third-order valence-electron chi connectivity index (χ3n) is 8.83. The van der Waals surface area contributed by atoms with Crippen LogP contribution in [0, 0.1) is 17.1 Å². The van der Waals surface area contributed by atoms with Crippen molar-refractivity contribution in [2.45, 2.75) is 73.3 Å². The van der Waals surface area contributed by atoms with E-state index in [1.807, 2.05) is 4.90 Å². The molecule has 4 aliphatic rings. The molecule has 0 radical (unpaired) electrons. The summed E-state index contributed by atoms with van der Waals surface area (Å²) >= 11 is 0.277. The maximum atomic E-state index is 16.5. The van der Waals surface area contributed by atoms with Crippen molar-refractivity contribution in [3.05, 3.63) is 22.3 Å². The number of hydrogen-bond acceptors (Lipinski definition) is 9. The molecule has 4 fully saturated rings. The van der Waals surface area contributed by atoms with Crippen LogP contribution in [0.5, 0.6) is 0 Å². The number of nitriles is 1. The van der Waals surface area contributed by atoms with Crippen molar-refractivity contribution in [2.75, 3.05) is 38.2 Å². The van der Waals surface area contributed by atoms with Crippen LogP contribution in [0.1, 0.15) is 67.6 Å². The van der Waals surface area contributed by atoms with Crippen LogP contribution in [0.25, 0.3) is 15.9 Å². The number of hydrogen-bond donors (Lipinski definition) is 1. The van der Waals surface area contributed by atoms with E-state index in [4.69, 9.17) is 9.72 Å². The van der Waals surface area contributed by atoms with Gasteiger partial charge >= 0.3 is 244 Å². The summed E-state index contributed by atoms with van der Waals surface area (Å²) in [5, 5.41) is 17.5. The molecule has 7 rings (SSSR count). The van der Waals surface area contributed by atoms with Gasteiger partial charge in [0, 0.05) is 7.11 Å². The Bertz CT molecular complexity index is 1590. The number of pyridine rings is 1. The SMILES string of the molecule is COC1(C(=O)N2CCN(c3c(F)c(SNC4(C#N)CC4)cn4c(-c5nnc(C(F)F)[se]5)c(C5CCC5)nc34)CC2)CC1. The molecule has 0 unspecified atom stereocenters. The van der Waals surface area contributed by atoms with E-state index in [2.05, 4.69) is 21.0 Å². The maximum absolute atomic E-state index is 16.5. The number of nitrogens with zero attached hydrogens (tertiary/aromatic N) is 7. The molecule has 1 aliphatic heterocycles. The molecular weight excluding hydrogens is 636 g/mol.